The van der Waals surface area contributed by atoms with E-state index in [4.69, 9.17) is 9.47 Å². The Morgan fingerprint density at radius 1 is 0.857 bits per heavy atom. The van der Waals surface area contributed by atoms with E-state index in [9.17, 15) is 9.59 Å². The summed E-state index contributed by atoms with van der Waals surface area (Å²) in [6, 6.07) is 0. The normalized spacial score (nSPS) is 12.0. The number of carbonyl (C=O) groups excluding carboxylic acids is 2. The minimum absolute atomic E-state index is 0.0986. The van der Waals surface area contributed by atoms with Crippen LogP contribution >= 0.6 is 22.6 Å². The number of ether oxygens (including phenoxy) is 2. The van der Waals surface area contributed by atoms with Gasteiger partial charge in [0.2, 0.25) is 0 Å². The smallest absolute Gasteiger partial charge is 0.319 e. The molecule has 1 unspecified atom stereocenters. The second kappa shape index (κ2) is 14.6. The summed E-state index contributed by atoms with van der Waals surface area (Å²) < 4.78 is 9.77. The van der Waals surface area contributed by atoms with Crippen molar-refractivity contribution >= 4 is 34.5 Å². The Hall–Kier alpha value is -0.330. The van der Waals surface area contributed by atoms with Crippen molar-refractivity contribution in [3.63, 3.8) is 0 Å². The molecule has 1 atom stereocenters. The van der Waals surface area contributed by atoms with E-state index in [0.29, 0.717) is 13.2 Å². The van der Waals surface area contributed by atoms with E-state index in [1.165, 1.54) is 25.7 Å². The Balaban J connectivity index is 3.57. The number of esters is 2. The number of carbonyl (C=O) groups is 2. The molecule has 0 radical (unpaired) electrons. The molecule has 0 N–H and O–H groups in total. The Morgan fingerprint density at radius 2 is 1.43 bits per heavy atom. The molecule has 0 aliphatic rings. The molecule has 0 aliphatic carbocycles. The van der Waals surface area contributed by atoms with Crippen LogP contribution in [0.2, 0.25) is 0 Å². The summed E-state index contributed by atoms with van der Waals surface area (Å²) in [6.07, 6.45) is 8.91. The molecular weight excluding hydrogens is 383 g/mol. The summed E-state index contributed by atoms with van der Waals surface area (Å²) in [6.45, 7) is 5.12. The van der Waals surface area contributed by atoms with E-state index in [0.717, 1.165) is 25.7 Å². The number of hydrogen-bond donors (Lipinski definition) is 0. The fraction of sp³-hybridized carbons (Fsp3) is 0.875. The molecule has 0 spiro atoms. The van der Waals surface area contributed by atoms with Gasteiger partial charge >= 0.3 is 11.9 Å². The maximum absolute atomic E-state index is 11.6. The van der Waals surface area contributed by atoms with Gasteiger partial charge in [-0.3, -0.25) is 9.59 Å². The van der Waals surface area contributed by atoms with Crippen LogP contribution in [0.1, 0.15) is 71.6 Å². The van der Waals surface area contributed by atoms with Gasteiger partial charge in [0.1, 0.15) is 3.92 Å². The van der Waals surface area contributed by atoms with Crippen LogP contribution in [0.3, 0.4) is 0 Å². The predicted molar refractivity (Wildman–Crippen MR) is 92.6 cm³/mol. The summed E-state index contributed by atoms with van der Waals surface area (Å²) >= 11 is 1.94. The summed E-state index contributed by atoms with van der Waals surface area (Å²) in [5.74, 6) is -0.629. The van der Waals surface area contributed by atoms with Crippen molar-refractivity contribution < 1.29 is 19.1 Å². The number of alkyl halides is 1. The standard InChI is InChI=1S/C16H29IO4/c1-3-5-7-8-9-10-12-20-15(18)13-14(17)16(19)21-11-6-4-2/h14H,3-13H2,1-2H3. The lowest BCUT2D eigenvalue weighted by molar-refractivity contribution is -0.149. The summed E-state index contributed by atoms with van der Waals surface area (Å²) in [5, 5.41) is 0. The maximum atomic E-state index is 11.6. The van der Waals surface area contributed by atoms with Gasteiger partial charge < -0.3 is 9.47 Å². The van der Waals surface area contributed by atoms with E-state index in [-0.39, 0.29) is 18.4 Å². The molecule has 5 heteroatoms. The fourth-order valence-corrected chi connectivity index (χ4v) is 2.30. The number of unbranched alkanes of at least 4 members (excludes halogenated alkanes) is 6. The first-order valence-corrected chi connectivity index (χ1v) is 9.32. The molecule has 0 aromatic carbocycles. The highest BCUT2D eigenvalue weighted by molar-refractivity contribution is 14.1. The number of hydrogen-bond acceptors (Lipinski definition) is 4. The van der Waals surface area contributed by atoms with E-state index in [1.807, 2.05) is 29.5 Å². The van der Waals surface area contributed by atoms with Crippen LogP contribution in [0.15, 0.2) is 0 Å². The Kier molecular flexibility index (Phi) is 14.4. The van der Waals surface area contributed by atoms with Crippen LogP contribution in [0.5, 0.6) is 0 Å². The quantitative estimate of drug-likeness (QED) is 0.194. The van der Waals surface area contributed by atoms with Gasteiger partial charge in [-0.2, -0.15) is 0 Å². The Morgan fingerprint density at radius 3 is 2.10 bits per heavy atom. The third-order valence-corrected chi connectivity index (χ3v) is 4.05. The Labute approximate surface area is 142 Å². The zero-order chi connectivity index (χ0) is 15.9. The second-order valence-corrected chi connectivity index (χ2v) is 6.68. The van der Waals surface area contributed by atoms with Gasteiger partial charge in [0, 0.05) is 0 Å². The average Bonchev–Trinajstić information content (AvgIpc) is 2.46. The third-order valence-electron chi connectivity index (χ3n) is 3.10. The van der Waals surface area contributed by atoms with E-state index in [2.05, 4.69) is 6.92 Å². The molecule has 0 aliphatic heterocycles. The average molecular weight is 412 g/mol. The van der Waals surface area contributed by atoms with E-state index < -0.39 is 3.92 Å². The molecule has 0 aromatic heterocycles. The van der Waals surface area contributed by atoms with Gasteiger partial charge in [0.25, 0.3) is 0 Å². The predicted octanol–water partition coefficient (Wildman–Crippen LogP) is 4.43. The summed E-state index contributed by atoms with van der Waals surface area (Å²) in [7, 11) is 0. The first-order valence-electron chi connectivity index (χ1n) is 8.08. The van der Waals surface area contributed by atoms with Crippen molar-refractivity contribution in [3.05, 3.63) is 0 Å². The lowest BCUT2D eigenvalue weighted by atomic mass is 10.1. The molecule has 0 rings (SSSR count). The third kappa shape index (κ3) is 13.1. The molecule has 0 aromatic rings. The molecule has 21 heavy (non-hydrogen) atoms. The Bertz CT molecular complexity index is 281. The summed E-state index contributed by atoms with van der Waals surface area (Å²) in [5.41, 5.74) is 0. The molecule has 0 saturated carbocycles. The van der Waals surface area contributed by atoms with Gasteiger partial charge in [-0.25, -0.2) is 0 Å². The number of halogens is 1. The molecule has 0 bridgehead atoms. The van der Waals surface area contributed by atoms with Gasteiger partial charge in [-0.15, -0.1) is 0 Å². The van der Waals surface area contributed by atoms with Crippen molar-refractivity contribution in [2.75, 3.05) is 13.2 Å². The van der Waals surface area contributed by atoms with Crippen LogP contribution in [0.4, 0.5) is 0 Å². The van der Waals surface area contributed by atoms with E-state index >= 15 is 0 Å². The van der Waals surface area contributed by atoms with Crippen LogP contribution in [0, 0.1) is 0 Å². The SMILES string of the molecule is CCCCCCCCOC(=O)CC(I)C(=O)OCCCC. The molecular formula is C16H29IO4. The van der Waals surface area contributed by atoms with Gasteiger partial charge in [0.15, 0.2) is 0 Å². The van der Waals surface area contributed by atoms with Crippen molar-refractivity contribution in [2.45, 2.75) is 75.6 Å². The van der Waals surface area contributed by atoms with Crippen molar-refractivity contribution in [1.82, 2.24) is 0 Å². The zero-order valence-corrected chi connectivity index (χ0v) is 15.5. The summed E-state index contributed by atoms with van der Waals surface area (Å²) in [4.78, 5) is 23.2. The highest BCUT2D eigenvalue weighted by Gasteiger charge is 2.20. The molecule has 0 saturated heterocycles. The maximum Gasteiger partial charge on any atom is 0.319 e. The van der Waals surface area contributed by atoms with Gasteiger partial charge in [-0.05, 0) is 12.8 Å². The second-order valence-electron chi connectivity index (χ2n) is 5.18. The van der Waals surface area contributed by atoms with E-state index in [1.54, 1.807) is 0 Å². The fourth-order valence-electron chi connectivity index (χ4n) is 1.76. The molecule has 124 valence electrons. The lowest BCUT2D eigenvalue weighted by Gasteiger charge is -2.10. The van der Waals surface area contributed by atoms with Crippen LogP contribution < -0.4 is 0 Å². The molecule has 0 heterocycles. The van der Waals surface area contributed by atoms with Crippen molar-refractivity contribution in [3.8, 4) is 0 Å². The van der Waals surface area contributed by atoms with Gasteiger partial charge in [-0.1, -0.05) is 75.0 Å². The molecule has 4 nitrogen and oxygen atoms in total. The largest absolute Gasteiger partial charge is 0.466 e. The minimum atomic E-state index is -0.448. The van der Waals surface area contributed by atoms with Crippen LogP contribution in [-0.2, 0) is 19.1 Å². The highest BCUT2D eigenvalue weighted by Crippen LogP contribution is 2.11. The monoisotopic (exact) mass is 412 g/mol. The van der Waals surface area contributed by atoms with Gasteiger partial charge in [0.05, 0.1) is 19.6 Å². The highest BCUT2D eigenvalue weighted by atomic mass is 127. The minimum Gasteiger partial charge on any atom is -0.466 e. The first-order chi connectivity index (χ1) is 10.1. The van der Waals surface area contributed by atoms with Crippen molar-refractivity contribution in [1.29, 1.82) is 0 Å². The zero-order valence-electron chi connectivity index (χ0n) is 13.4. The number of rotatable bonds is 13. The van der Waals surface area contributed by atoms with Crippen LogP contribution in [0.25, 0.3) is 0 Å². The topological polar surface area (TPSA) is 52.6 Å². The van der Waals surface area contributed by atoms with Crippen molar-refractivity contribution in [2.24, 2.45) is 0 Å². The first kappa shape index (κ1) is 20.7. The van der Waals surface area contributed by atoms with Crippen LogP contribution in [-0.4, -0.2) is 29.1 Å². The molecule has 0 fully saturated rings. The molecule has 0 amide bonds. The lowest BCUT2D eigenvalue weighted by Crippen LogP contribution is -2.22.